The van der Waals surface area contributed by atoms with Gasteiger partial charge in [-0.3, -0.25) is 4.79 Å². The maximum Gasteiger partial charge on any atom is 0.175 e. The summed E-state index contributed by atoms with van der Waals surface area (Å²) in [5, 5.41) is 0. The number of rotatable bonds is 6. The van der Waals surface area contributed by atoms with Gasteiger partial charge in [0.05, 0.1) is 11.3 Å². The number of carbonyl (C=O) groups excluding carboxylic acids is 1. The Labute approximate surface area is 100 Å². The average molecular weight is 240 g/mol. The molecule has 1 nitrogen and oxygen atoms in total. The third-order valence-electron chi connectivity index (χ3n) is 2.51. The van der Waals surface area contributed by atoms with Crippen molar-refractivity contribution < 1.29 is 9.18 Å². The van der Waals surface area contributed by atoms with Crippen LogP contribution in [-0.4, -0.2) is 17.3 Å². The molecule has 0 spiro atoms. The van der Waals surface area contributed by atoms with Crippen LogP contribution in [0.4, 0.5) is 4.39 Å². The zero-order valence-corrected chi connectivity index (χ0v) is 10.5. The number of benzene rings is 1. The quantitative estimate of drug-likeness (QED) is 0.704. The number of ketones is 1. The van der Waals surface area contributed by atoms with Crippen molar-refractivity contribution >= 4 is 17.5 Å². The molecule has 0 aliphatic rings. The minimum atomic E-state index is -0.420. The number of hydrogen-bond acceptors (Lipinski definition) is 2. The van der Waals surface area contributed by atoms with Crippen molar-refractivity contribution in [3.8, 4) is 0 Å². The first-order valence-electron chi connectivity index (χ1n) is 5.50. The zero-order chi connectivity index (χ0) is 12.0. The third kappa shape index (κ3) is 3.97. The summed E-state index contributed by atoms with van der Waals surface area (Å²) in [6.45, 7) is 4.28. The van der Waals surface area contributed by atoms with Gasteiger partial charge in [-0.15, -0.1) is 0 Å². The smallest absolute Gasteiger partial charge is 0.175 e. The molecule has 1 rings (SSSR count). The first kappa shape index (κ1) is 13.2. The summed E-state index contributed by atoms with van der Waals surface area (Å²) in [4.78, 5) is 11.7. The molecule has 0 saturated carbocycles. The molecular weight excluding hydrogens is 223 g/mol. The molecule has 1 atom stereocenters. The molecule has 0 radical (unpaired) electrons. The molecule has 0 heterocycles. The van der Waals surface area contributed by atoms with E-state index in [1.54, 1.807) is 30.0 Å². The van der Waals surface area contributed by atoms with E-state index >= 15 is 0 Å². The molecule has 1 aromatic rings. The highest BCUT2D eigenvalue weighted by Crippen LogP contribution is 2.15. The van der Waals surface area contributed by atoms with Crippen molar-refractivity contribution in [2.45, 2.75) is 20.3 Å². The van der Waals surface area contributed by atoms with Crippen LogP contribution in [0.1, 0.15) is 30.6 Å². The first-order valence-corrected chi connectivity index (χ1v) is 6.66. The number of carbonyl (C=O) groups is 1. The number of halogens is 1. The van der Waals surface area contributed by atoms with Gasteiger partial charge in [0.1, 0.15) is 5.82 Å². The van der Waals surface area contributed by atoms with E-state index in [4.69, 9.17) is 0 Å². The molecule has 0 aromatic heterocycles. The van der Waals surface area contributed by atoms with E-state index in [-0.39, 0.29) is 11.3 Å². The van der Waals surface area contributed by atoms with Crippen molar-refractivity contribution in [3.05, 3.63) is 35.6 Å². The molecule has 0 fully saturated rings. The summed E-state index contributed by atoms with van der Waals surface area (Å²) in [6.07, 6.45) is 1.11. The van der Waals surface area contributed by atoms with Crippen LogP contribution in [0.3, 0.4) is 0 Å². The molecule has 0 saturated heterocycles. The fraction of sp³-hybridized carbons (Fsp3) is 0.462. The fourth-order valence-corrected chi connectivity index (χ4v) is 2.33. The van der Waals surface area contributed by atoms with Gasteiger partial charge in [0.25, 0.3) is 0 Å². The lowest BCUT2D eigenvalue weighted by Gasteiger charge is -2.07. The lowest BCUT2D eigenvalue weighted by atomic mass is 10.1. The van der Waals surface area contributed by atoms with Crippen molar-refractivity contribution in [2.75, 3.05) is 11.5 Å². The van der Waals surface area contributed by atoms with Crippen LogP contribution in [0.2, 0.25) is 0 Å². The van der Waals surface area contributed by atoms with Gasteiger partial charge in [0.2, 0.25) is 0 Å². The average Bonchev–Trinajstić information content (AvgIpc) is 2.29. The van der Waals surface area contributed by atoms with Crippen molar-refractivity contribution in [1.82, 2.24) is 0 Å². The maximum absolute atomic E-state index is 13.3. The Bertz CT molecular complexity index is 352. The molecule has 0 aliphatic heterocycles. The van der Waals surface area contributed by atoms with Gasteiger partial charge in [0.15, 0.2) is 5.78 Å². The number of Topliss-reactive ketones (excluding diaryl/α,β-unsaturated/α-hetero) is 1. The second-order valence-electron chi connectivity index (χ2n) is 3.93. The predicted molar refractivity (Wildman–Crippen MR) is 67.5 cm³/mol. The van der Waals surface area contributed by atoms with Gasteiger partial charge in [-0.2, -0.15) is 11.8 Å². The van der Waals surface area contributed by atoms with Crippen LogP contribution in [0, 0.1) is 11.7 Å². The minimum Gasteiger partial charge on any atom is -0.293 e. The van der Waals surface area contributed by atoms with E-state index < -0.39 is 5.82 Å². The third-order valence-corrected chi connectivity index (χ3v) is 3.78. The Balaban J connectivity index is 2.44. The van der Waals surface area contributed by atoms with Gasteiger partial charge < -0.3 is 0 Å². The van der Waals surface area contributed by atoms with Crippen LogP contribution in [-0.2, 0) is 0 Å². The van der Waals surface area contributed by atoms with E-state index in [0.29, 0.717) is 11.7 Å². The summed E-state index contributed by atoms with van der Waals surface area (Å²) in [5.41, 5.74) is 0.208. The number of thioether (sulfide) groups is 1. The molecule has 1 aromatic carbocycles. The Hall–Kier alpha value is -0.830. The summed E-state index contributed by atoms with van der Waals surface area (Å²) >= 11 is 1.58. The van der Waals surface area contributed by atoms with Gasteiger partial charge in [0, 0.05) is 0 Å². The Kier molecular flexibility index (Phi) is 5.53. The van der Waals surface area contributed by atoms with Gasteiger partial charge in [-0.25, -0.2) is 4.39 Å². The highest BCUT2D eigenvalue weighted by molar-refractivity contribution is 7.99. The zero-order valence-electron chi connectivity index (χ0n) is 9.70. The lowest BCUT2D eigenvalue weighted by molar-refractivity contribution is 0.101. The van der Waals surface area contributed by atoms with E-state index in [2.05, 4.69) is 13.8 Å². The molecule has 1 unspecified atom stereocenters. The van der Waals surface area contributed by atoms with Crippen molar-refractivity contribution in [1.29, 1.82) is 0 Å². The molecule has 0 aliphatic carbocycles. The highest BCUT2D eigenvalue weighted by Gasteiger charge is 2.11. The van der Waals surface area contributed by atoms with Gasteiger partial charge in [-0.1, -0.05) is 32.4 Å². The molecule has 88 valence electrons. The molecular formula is C13H17FOS. The highest BCUT2D eigenvalue weighted by atomic mass is 32.2. The minimum absolute atomic E-state index is 0.119. The summed E-state index contributed by atoms with van der Waals surface area (Å²) in [7, 11) is 0. The summed E-state index contributed by atoms with van der Waals surface area (Å²) in [6, 6.07) is 6.15. The van der Waals surface area contributed by atoms with Gasteiger partial charge in [-0.05, 0) is 23.8 Å². The lowest BCUT2D eigenvalue weighted by Crippen LogP contribution is -2.07. The Morgan fingerprint density at radius 1 is 1.44 bits per heavy atom. The second kappa shape index (κ2) is 6.69. The molecule has 16 heavy (non-hydrogen) atoms. The van der Waals surface area contributed by atoms with E-state index in [1.807, 2.05) is 0 Å². The van der Waals surface area contributed by atoms with E-state index in [0.717, 1.165) is 12.2 Å². The number of hydrogen-bond donors (Lipinski definition) is 0. The predicted octanol–water partition coefficient (Wildman–Crippen LogP) is 3.79. The maximum atomic E-state index is 13.3. The molecule has 0 amide bonds. The van der Waals surface area contributed by atoms with E-state index in [9.17, 15) is 9.18 Å². The van der Waals surface area contributed by atoms with Crippen LogP contribution in [0.15, 0.2) is 24.3 Å². The van der Waals surface area contributed by atoms with Crippen LogP contribution >= 0.6 is 11.8 Å². The van der Waals surface area contributed by atoms with Crippen LogP contribution in [0.25, 0.3) is 0 Å². The van der Waals surface area contributed by atoms with E-state index in [1.165, 1.54) is 6.07 Å². The van der Waals surface area contributed by atoms with Crippen LogP contribution in [0.5, 0.6) is 0 Å². The Morgan fingerprint density at radius 2 is 2.12 bits per heavy atom. The fourth-order valence-electron chi connectivity index (χ4n) is 1.24. The monoisotopic (exact) mass is 240 g/mol. The molecule has 0 bridgehead atoms. The molecule has 3 heteroatoms. The molecule has 0 N–H and O–H groups in total. The van der Waals surface area contributed by atoms with Crippen LogP contribution < -0.4 is 0 Å². The summed E-state index contributed by atoms with van der Waals surface area (Å²) < 4.78 is 13.3. The summed E-state index contributed by atoms with van der Waals surface area (Å²) in [5.74, 6) is 1.39. The first-order chi connectivity index (χ1) is 7.65. The largest absolute Gasteiger partial charge is 0.293 e. The van der Waals surface area contributed by atoms with Crippen molar-refractivity contribution in [2.24, 2.45) is 5.92 Å². The van der Waals surface area contributed by atoms with Gasteiger partial charge >= 0.3 is 0 Å². The standard InChI is InChI=1S/C13H17FOS/c1-3-10(2)8-16-9-13(15)11-6-4-5-7-12(11)14/h4-7,10H,3,8-9H2,1-2H3. The normalized spacial score (nSPS) is 12.4. The SMILES string of the molecule is CCC(C)CSCC(=O)c1ccccc1F. The second-order valence-corrected chi connectivity index (χ2v) is 4.96. The topological polar surface area (TPSA) is 17.1 Å². The Morgan fingerprint density at radius 3 is 2.75 bits per heavy atom. The van der Waals surface area contributed by atoms with Crippen molar-refractivity contribution in [3.63, 3.8) is 0 Å².